The summed E-state index contributed by atoms with van der Waals surface area (Å²) in [5.74, 6) is -0.723. The van der Waals surface area contributed by atoms with Crippen LogP contribution in [0.3, 0.4) is 0 Å². The van der Waals surface area contributed by atoms with Crippen LogP contribution in [-0.2, 0) is 21.4 Å². The first-order valence-electron chi connectivity index (χ1n) is 8.74. The van der Waals surface area contributed by atoms with Crippen molar-refractivity contribution in [1.29, 1.82) is 0 Å². The third-order valence-corrected chi connectivity index (χ3v) is 5.95. The van der Waals surface area contributed by atoms with Crippen LogP contribution in [0.15, 0.2) is 56.6 Å². The third-order valence-electron chi connectivity index (χ3n) is 4.39. The maximum Gasteiger partial charge on any atom is 0.419 e. The Morgan fingerprint density at radius 3 is 2.68 bits per heavy atom. The molecule has 1 heterocycles. The number of nitrogens with zero attached hydrogens (tertiary/aromatic N) is 1. The number of aromatic nitrogens is 1. The molecule has 8 nitrogen and oxygen atoms in total. The molecule has 1 amide bonds. The van der Waals surface area contributed by atoms with Crippen LogP contribution in [0.2, 0.25) is 0 Å². The van der Waals surface area contributed by atoms with Gasteiger partial charge in [-0.2, -0.15) is 0 Å². The van der Waals surface area contributed by atoms with E-state index in [0.717, 1.165) is 0 Å². The molecule has 0 atom stereocenters. The summed E-state index contributed by atoms with van der Waals surface area (Å²) in [5, 5.41) is 2.70. The first kappa shape index (κ1) is 19.8. The van der Waals surface area contributed by atoms with E-state index >= 15 is 0 Å². The molecule has 0 aliphatic carbocycles. The second kappa shape index (κ2) is 7.99. The number of carbonyl (C=O) groups is 1. The molecule has 2 N–H and O–H groups in total. The van der Waals surface area contributed by atoms with Crippen LogP contribution in [0.1, 0.15) is 18.4 Å². The average Bonchev–Trinajstić information content (AvgIpc) is 2.98. The Balaban J connectivity index is 1.64. The lowest BCUT2D eigenvalue weighted by atomic mass is 10.2. The number of fused-ring (bicyclic) bond motifs is 1. The normalized spacial score (nSPS) is 11.6. The molecule has 3 aromatic rings. The van der Waals surface area contributed by atoms with Gasteiger partial charge in [0.25, 0.3) is 0 Å². The number of hydrogen-bond acceptors (Lipinski definition) is 5. The van der Waals surface area contributed by atoms with Crippen molar-refractivity contribution in [2.75, 3.05) is 12.4 Å². The summed E-state index contributed by atoms with van der Waals surface area (Å²) >= 11 is 0. The van der Waals surface area contributed by atoms with Crippen molar-refractivity contribution in [2.24, 2.45) is 0 Å². The summed E-state index contributed by atoms with van der Waals surface area (Å²) in [6, 6.07) is 11.8. The molecule has 0 saturated heterocycles. The van der Waals surface area contributed by atoms with Gasteiger partial charge in [0.2, 0.25) is 15.9 Å². The molecule has 0 spiro atoms. The minimum atomic E-state index is -3.61. The van der Waals surface area contributed by atoms with Gasteiger partial charge in [-0.1, -0.05) is 18.2 Å². The van der Waals surface area contributed by atoms with Crippen LogP contribution < -0.4 is 15.8 Å². The van der Waals surface area contributed by atoms with Gasteiger partial charge in [0.15, 0.2) is 5.58 Å². The van der Waals surface area contributed by atoms with Gasteiger partial charge in [0.05, 0.1) is 10.4 Å². The van der Waals surface area contributed by atoms with Gasteiger partial charge in [-0.3, -0.25) is 9.36 Å². The van der Waals surface area contributed by atoms with Crippen molar-refractivity contribution in [2.45, 2.75) is 31.2 Å². The summed E-state index contributed by atoms with van der Waals surface area (Å²) in [4.78, 5) is 24.3. The molecule has 148 valence electrons. The number of aryl methyl sites for hydroxylation is 2. The number of oxazole rings is 1. The summed E-state index contributed by atoms with van der Waals surface area (Å²) < 4.78 is 33.0. The SMILES string of the molecule is CNS(=O)(=O)c1cc(NC(=O)CCCn2c(=O)oc3ccccc32)ccc1C. The lowest BCUT2D eigenvalue weighted by Crippen LogP contribution is -2.20. The Morgan fingerprint density at radius 2 is 1.93 bits per heavy atom. The number of rotatable bonds is 7. The van der Waals surface area contributed by atoms with Crippen molar-refractivity contribution in [3.63, 3.8) is 0 Å². The van der Waals surface area contributed by atoms with Crippen molar-refractivity contribution >= 4 is 32.7 Å². The summed E-state index contributed by atoms with van der Waals surface area (Å²) in [6.07, 6.45) is 0.608. The molecule has 3 rings (SSSR count). The zero-order chi connectivity index (χ0) is 20.3. The highest BCUT2D eigenvalue weighted by Crippen LogP contribution is 2.20. The van der Waals surface area contributed by atoms with Gasteiger partial charge < -0.3 is 9.73 Å². The molecule has 9 heteroatoms. The van der Waals surface area contributed by atoms with E-state index in [-0.39, 0.29) is 17.2 Å². The monoisotopic (exact) mass is 403 g/mol. The van der Waals surface area contributed by atoms with Gasteiger partial charge in [0.1, 0.15) is 0 Å². The fraction of sp³-hybridized carbons (Fsp3) is 0.263. The molecule has 0 saturated carbocycles. The predicted molar refractivity (Wildman–Crippen MR) is 106 cm³/mol. The smallest absolute Gasteiger partial charge is 0.408 e. The van der Waals surface area contributed by atoms with Crippen LogP contribution in [0, 0.1) is 6.92 Å². The van der Waals surface area contributed by atoms with Crippen LogP contribution in [0.4, 0.5) is 5.69 Å². The Bertz CT molecular complexity index is 1180. The maximum absolute atomic E-state index is 12.2. The van der Waals surface area contributed by atoms with Gasteiger partial charge >= 0.3 is 5.76 Å². The lowest BCUT2D eigenvalue weighted by Gasteiger charge is -2.10. The van der Waals surface area contributed by atoms with Crippen molar-refractivity contribution in [3.8, 4) is 0 Å². The number of amides is 1. The molecule has 0 bridgehead atoms. The quantitative estimate of drug-likeness (QED) is 0.629. The van der Waals surface area contributed by atoms with Gasteiger partial charge in [-0.25, -0.2) is 17.9 Å². The molecule has 28 heavy (non-hydrogen) atoms. The van der Waals surface area contributed by atoms with Crippen LogP contribution in [0.5, 0.6) is 0 Å². The molecule has 0 radical (unpaired) electrons. The van der Waals surface area contributed by atoms with E-state index < -0.39 is 15.8 Å². The largest absolute Gasteiger partial charge is 0.419 e. The Labute approximate surface area is 162 Å². The maximum atomic E-state index is 12.2. The number of nitrogens with one attached hydrogen (secondary N) is 2. The number of carbonyl (C=O) groups excluding carboxylic acids is 1. The predicted octanol–water partition coefficient (Wildman–Crippen LogP) is 2.23. The highest BCUT2D eigenvalue weighted by molar-refractivity contribution is 7.89. The fourth-order valence-corrected chi connectivity index (χ4v) is 3.92. The minimum Gasteiger partial charge on any atom is -0.408 e. The molecule has 0 aliphatic heterocycles. The highest BCUT2D eigenvalue weighted by atomic mass is 32.2. The number of hydrogen-bond donors (Lipinski definition) is 2. The standard InChI is InChI=1S/C19H21N3O5S/c1-13-9-10-14(12-17(13)28(25,26)20-2)21-18(23)8-5-11-22-15-6-3-4-7-16(15)27-19(22)24/h3-4,6-7,9-10,12,20H,5,8,11H2,1-2H3,(H,21,23). The number of anilines is 1. The van der Waals surface area contributed by atoms with E-state index in [9.17, 15) is 18.0 Å². The summed E-state index contributed by atoms with van der Waals surface area (Å²) in [5.41, 5.74) is 2.18. The van der Waals surface area contributed by atoms with Crippen LogP contribution in [-0.4, -0.2) is 25.9 Å². The first-order valence-corrected chi connectivity index (χ1v) is 10.2. The number of benzene rings is 2. The molecular formula is C19H21N3O5S. The van der Waals surface area contributed by atoms with E-state index in [1.165, 1.54) is 17.7 Å². The van der Waals surface area contributed by atoms with Crippen molar-refractivity contribution < 1.29 is 17.6 Å². The molecule has 0 unspecified atom stereocenters. The zero-order valence-electron chi connectivity index (χ0n) is 15.6. The lowest BCUT2D eigenvalue weighted by molar-refractivity contribution is -0.116. The number of para-hydroxylation sites is 2. The highest BCUT2D eigenvalue weighted by Gasteiger charge is 2.16. The molecule has 2 aromatic carbocycles. The third kappa shape index (κ3) is 4.15. The second-order valence-electron chi connectivity index (χ2n) is 6.33. The fourth-order valence-electron chi connectivity index (χ4n) is 2.92. The van der Waals surface area contributed by atoms with Crippen LogP contribution >= 0.6 is 0 Å². The van der Waals surface area contributed by atoms with E-state index in [1.807, 2.05) is 6.07 Å². The van der Waals surface area contributed by atoms with Gasteiger partial charge in [0, 0.05) is 18.7 Å². The number of sulfonamides is 1. The topological polar surface area (TPSA) is 110 Å². The van der Waals surface area contributed by atoms with E-state index in [4.69, 9.17) is 4.42 Å². The summed E-state index contributed by atoms with van der Waals surface area (Å²) in [7, 11) is -2.27. The van der Waals surface area contributed by atoms with Crippen molar-refractivity contribution in [3.05, 3.63) is 58.6 Å². The minimum absolute atomic E-state index is 0.115. The summed E-state index contributed by atoms with van der Waals surface area (Å²) in [6.45, 7) is 2.03. The average molecular weight is 403 g/mol. The Hall–Kier alpha value is -2.91. The molecular weight excluding hydrogens is 382 g/mol. The first-order chi connectivity index (χ1) is 13.3. The van der Waals surface area contributed by atoms with Gasteiger partial charge in [-0.05, 0) is 50.2 Å². The van der Waals surface area contributed by atoms with Crippen molar-refractivity contribution in [1.82, 2.24) is 9.29 Å². The van der Waals surface area contributed by atoms with Crippen LogP contribution in [0.25, 0.3) is 11.1 Å². The molecule has 0 aliphatic rings. The zero-order valence-corrected chi connectivity index (χ0v) is 16.4. The van der Waals surface area contributed by atoms with E-state index in [2.05, 4.69) is 10.0 Å². The van der Waals surface area contributed by atoms with E-state index in [1.54, 1.807) is 37.3 Å². The Kier molecular flexibility index (Phi) is 5.66. The Morgan fingerprint density at radius 1 is 1.18 bits per heavy atom. The molecule has 0 fully saturated rings. The molecule has 1 aromatic heterocycles. The van der Waals surface area contributed by atoms with E-state index in [0.29, 0.717) is 35.3 Å². The second-order valence-corrected chi connectivity index (χ2v) is 8.18. The van der Waals surface area contributed by atoms with Gasteiger partial charge in [-0.15, -0.1) is 0 Å².